The van der Waals surface area contributed by atoms with E-state index >= 15 is 0 Å². The Morgan fingerprint density at radius 2 is 1.68 bits per heavy atom. The highest BCUT2D eigenvalue weighted by Crippen LogP contribution is 2.44. The predicted octanol–water partition coefficient (Wildman–Crippen LogP) is 2.89. The Morgan fingerprint density at radius 1 is 1.05 bits per heavy atom. The van der Waals surface area contributed by atoms with E-state index in [9.17, 15) is 8.42 Å². The molecule has 2 fully saturated rings. The first-order chi connectivity index (χ1) is 8.91. The van der Waals surface area contributed by atoms with E-state index in [1.165, 1.54) is 57.6 Å². The van der Waals surface area contributed by atoms with Gasteiger partial charge in [-0.1, -0.05) is 44.9 Å². The molecule has 2 atom stereocenters. The van der Waals surface area contributed by atoms with E-state index in [2.05, 4.69) is 0 Å². The van der Waals surface area contributed by atoms with Crippen molar-refractivity contribution in [3.8, 4) is 0 Å². The molecule has 4 heteroatoms. The monoisotopic (exact) mass is 287 g/mol. The van der Waals surface area contributed by atoms with Gasteiger partial charge in [0.1, 0.15) is 9.84 Å². The van der Waals surface area contributed by atoms with Crippen LogP contribution in [-0.2, 0) is 9.84 Å². The van der Waals surface area contributed by atoms with Crippen LogP contribution >= 0.6 is 0 Å². The molecule has 0 aromatic rings. The molecule has 0 aliphatic heterocycles. The molecule has 0 amide bonds. The van der Waals surface area contributed by atoms with E-state index in [-0.39, 0.29) is 11.3 Å². The molecule has 3 nitrogen and oxygen atoms in total. The maximum Gasteiger partial charge on any atom is 0.147 e. The van der Waals surface area contributed by atoms with Gasteiger partial charge >= 0.3 is 0 Å². The van der Waals surface area contributed by atoms with Gasteiger partial charge in [-0.25, -0.2) is 8.42 Å². The zero-order chi connectivity index (χ0) is 13.9. The standard InChI is InChI=1S/C15H29NO2S/c1-19(17,18)12-11-15(16)10-6-5-9-14(15)13-7-3-2-4-8-13/h13-14H,2-12,16H2,1H3. The van der Waals surface area contributed by atoms with Gasteiger partial charge in [0.25, 0.3) is 0 Å². The molecular formula is C15H29NO2S. The molecule has 2 saturated carbocycles. The van der Waals surface area contributed by atoms with Crippen molar-refractivity contribution in [2.24, 2.45) is 17.6 Å². The molecule has 0 spiro atoms. The summed E-state index contributed by atoms with van der Waals surface area (Å²) >= 11 is 0. The van der Waals surface area contributed by atoms with E-state index in [0.29, 0.717) is 12.3 Å². The summed E-state index contributed by atoms with van der Waals surface area (Å²) in [6.07, 6.45) is 13.3. The fourth-order valence-electron chi connectivity index (χ4n) is 4.22. The summed E-state index contributed by atoms with van der Waals surface area (Å²) in [5.41, 5.74) is 6.46. The van der Waals surface area contributed by atoms with Gasteiger partial charge in [-0.2, -0.15) is 0 Å². The SMILES string of the molecule is CS(=O)(=O)CCC1(N)CCCCC1C1CCCCC1. The zero-order valence-corrected chi connectivity index (χ0v) is 13.1. The van der Waals surface area contributed by atoms with Crippen molar-refractivity contribution >= 4 is 9.84 Å². The highest BCUT2D eigenvalue weighted by molar-refractivity contribution is 7.90. The predicted molar refractivity (Wildman–Crippen MR) is 79.8 cm³/mol. The largest absolute Gasteiger partial charge is 0.325 e. The van der Waals surface area contributed by atoms with Gasteiger partial charge in [-0.15, -0.1) is 0 Å². The van der Waals surface area contributed by atoms with Crippen LogP contribution in [0.3, 0.4) is 0 Å². The van der Waals surface area contributed by atoms with E-state index in [0.717, 1.165) is 12.3 Å². The van der Waals surface area contributed by atoms with Gasteiger partial charge in [-0.05, 0) is 31.1 Å². The maximum absolute atomic E-state index is 11.4. The average Bonchev–Trinajstić information content (AvgIpc) is 2.37. The van der Waals surface area contributed by atoms with E-state index in [1.807, 2.05) is 0 Å². The van der Waals surface area contributed by atoms with Crippen LogP contribution in [0.1, 0.15) is 64.2 Å². The summed E-state index contributed by atoms with van der Waals surface area (Å²) in [5.74, 6) is 1.56. The maximum atomic E-state index is 11.4. The molecule has 0 bridgehead atoms. The summed E-state index contributed by atoms with van der Waals surface area (Å²) in [6, 6.07) is 0. The first-order valence-electron chi connectivity index (χ1n) is 7.87. The van der Waals surface area contributed by atoms with Crippen LogP contribution in [0.2, 0.25) is 0 Å². The van der Waals surface area contributed by atoms with Crippen molar-refractivity contribution in [3.05, 3.63) is 0 Å². The fourth-order valence-corrected chi connectivity index (χ4v) is 4.97. The van der Waals surface area contributed by atoms with Crippen LogP contribution in [0.4, 0.5) is 0 Å². The quantitative estimate of drug-likeness (QED) is 0.865. The van der Waals surface area contributed by atoms with Crippen molar-refractivity contribution in [2.45, 2.75) is 69.7 Å². The second-order valence-corrected chi connectivity index (χ2v) is 9.12. The van der Waals surface area contributed by atoms with Crippen molar-refractivity contribution in [2.75, 3.05) is 12.0 Å². The van der Waals surface area contributed by atoms with Crippen molar-refractivity contribution < 1.29 is 8.42 Å². The molecule has 2 N–H and O–H groups in total. The minimum absolute atomic E-state index is 0.219. The van der Waals surface area contributed by atoms with E-state index in [4.69, 9.17) is 5.73 Å². The number of hydrogen-bond acceptors (Lipinski definition) is 3. The molecule has 0 heterocycles. The first-order valence-corrected chi connectivity index (χ1v) is 9.93. The molecule has 2 aliphatic rings. The van der Waals surface area contributed by atoms with E-state index in [1.54, 1.807) is 0 Å². The highest BCUT2D eigenvalue weighted by atomic mass is 32.2. The third kappa shape index (κ3) is 4.19. The Balaban J connectivity index is 2.04. The smallest absolute Gasteiger partial charge is 0.147 e. The lowest BCUT2D eigenvalue weighted by Gasteiger charge is -2.46. The second kappa shape index (κ2) is 6.13. The molecule has 0 aromatic carbocycles. The number of sulfone groups is 1. The van der Waals surface area contributed by atoms with Crippen LogP contribution < -0.4 is 5.73 Å². The summed E-state index contributed by atoms with van der Waals surface area (Å²) in [4.78, 5) is 0. The van der Waals surface area contributed by atoms with Gasteiger partial charge in [-0.3, -0.25) is 0 Å². The summed E-state index contributed by atoms with van der Waals surface area (Å²) in [5, 5.41) is 0. The molecule has 112 valence electrons. The second-order valence-electron chi connectivity index (χ2n) is 6.86. The minimum atomic E-state index is -2.90. The van der Waals surface area contributed by atoms with Crippen molar-refractivity contribution in [1.29, 1.82) is 0 Å². The van der Waals surface area contributed by atoms with Crippen LogP contribution in [-0.4, -0.2) is 26.0 Å². The summed E-state index contributed by atoms with van der Waals surface area (Å²) < 4.78 is 22.9. The van der Waals surface area contributed by atoms with Crippen molar-refractivity contribution in [1.82, 2.24) is 0 Å². The lowest BCUT2D eigenvalue weighted by molar-refractivity contribution is 0.0971. The van der Waals surface area contributed by atoms with Gasteiger partial charge in [0.05, 0.1) is 5.75 Å². The average molecular weight is 287 g/mol. The van der Waals surface area contributed by atoms with Gasteiger partial charge in [0.15, 0.2) is 0 Å². The zero-order valence-electron chi connectivity index (χ0n) is 12.2. The lowest BCUT2D eigenvalue weighted by Crippen LogP contribution is -2.53. The fraction of sp³-hybridized carbons (Fsp3) is 1.00. The molecule has 19 heavy (non-hydrogen) atoms. The normalized spacial score (nSPS) is 34.3. The number of nitrogens with two attached hydrogens (primary N) is 1. The topological polar surface area (TPSA) is 60.2 Å². The molecule has 0 saturated heterocycles. The minimum Gasteiger partial charge on any atom is -0.325 e. The first kappa shape index (κ1) is 15.3. The number of rotatable bonds is 4. The molecule has 2 rings (SSSR count). The lowest BCUT2D eigenvalue weighted by atomic mass is 9.63. The van der Waals surface area contributed by atoms with Crippen LogP contribution in [0, 0.1) is 11.8 Å². The Kier molecular flexibility index (Phi) is 4.93. The van der Waals surface area contributed by atoms with Gasteiger partial charge in [0, 0.05) is 11.8 Å². The Bertz CT molecular complexity index is 387. The van der Waals surface area contributed by atoms with Gasteiger partial charge in [0.2, 0.25) is 0 Å². The molecule has 0 radical (unpaired) electrons. The van der Waals surface area contributed by atoms with Crippen molar-refractivity contribution in [3.63, 3.8) is 0 Å². The molecule has 2 unspecified atom stereocenters. The van der Waals surface area contributed by atoms with Gasteiger partial charge < -0.3 is 5.73 Å². The highest BCUT2D eigenvalue weighted by Gasteiger charge is 2.41. The van der Waals surface area contributed by atoms with Crippen LogP contribution in [0.5, 0.6) is 0 Å². The third-order valence-corrected chi connectivity index (χ3v) is 6.25. The van der Waals surface area contributed by atoms with E-state index < -0.39 is 9.84 Å². The molecule has 2 aliphatic carbocycles. The van der Waals surface area contributed by atoms with Crippen LogP contribution in [0.15, 0.2) is 0 Å². The third-order valence-electron chi connectivity index (χ3n) is 5.30. The Morgan fingerprint density at radius 3 is 2.32 bits per heavy atom. The summed E-state index contributed by atoms with van der Waals surface area (Å²) in [7, 11) is -2.90. The Hall–Kier alpha value is -0.0900. The molecule has 0 aromatic heterocycles. The Labute approximate surface area is 118 Å². The summed E-state index contributed by atoms with van der Waals surface area (Å²) in [6.45, 7) is 0. The van der Waals surface area contributed by atoms with Crippen LogP contribution in [0.25, 0.3) is 0 Å². The molecular weight excluding hydrogens is 258 g/mol. The number of hydrogen-bond donors (Lipinski definition) is 1.